The Labute approximate surface area is 196 Å². The number of piperidine rings is 1. The number of hydrogen-bond acceptors (Lipinski definition) is 3. The van der Waals surface area contributed by atoms with Crippen LogP contribution in [0.2, 0.25) is 0 Å². The minimum atomic E-state index is -0.640. The summed E-state index contributed by atoms with van der Waals surface area (Å²) < 4.78 is 13.0. The number of amides is 4. The molecule has 2 rings (SSSR count). The van der Waals surface area contributed by atoms with Gasteiger partial charge in [-0.2, -0.15) is 0 Å². The minimum Gasteiger partial charge on any atom is -0.356 e. The second kappa shape index (κ2) is 14.5. The Hall–Kier alpha value is -2.64. The molecule has 33 heavy (non-hydrogen) atoms. The van der Waals surface area contributed by atoms with E-state index in [4.69, 9.17) is 0 Å². The second-order valence-corrected chi connectivity index (χ2v) is 8.77. The molecule has 8 heteroatoms. The molecule has 0 spiro atoms. The van der Waals surface area contributed by atoms with Crippen molar-refractivity contribution in [3.8, 4) is 0 Å². The van der Waals surface area contributed by atoms with E-state index in [1.807, 2.05) is 6.92 Å². The molecule has 3 N–H and O–H groups in total. The lowest BCUT2D eigenvalue weighted by molar-refractivity contribution is -0.137. The van der Waals surface area contributed by atoms with Crippen molar-refractivity contribution in [3.05, 3.63) is 35.6 Å². The van der Waals surface area contributed by atoms with Gasteiger partial charge in [-0.15, -0.1) is 0 Å². The maximum atomic E-state index is 13.1. The number of unbranched alkanes of at least 4 members (excludes halogenated alkanes) is 3. The van der Waals surface area contributed by atoms with Crippen molar-refractivity contribution in [2.45, 2.75) is 77.8 Å². The average Bonchev–Trinajstić information content (AvgIpc) is 2.82. The van der Waals surface area contributed by atoms with E-state index in [9.17, 15) is 18.8 Å². The number of urea groups is 1. The lowest BCUT2D eigenvalue weighted by Gasteiger charge is -2.34. The average molecular weight is 463 g/mol. The number of carbonyl (C=O) groups is 3. The predicted molar refractivity (Wildman–Crippen MR) is 127 cm³/mol. The Morgan fingerprint density at radius 3 is 2.52 bits per heavy atom. The van der Waals surface area contributed by atoms with Crippen LogP contribution in [0.15, 0.2) is 24.3 Å². The summed E-state index contributed by atoms with van der Waals surface area (Å²) in [5, 5.41) is 8.51. The first kappa shape index (κ1) is 26.6. The van der Waals surface area contributed by atoms with Crippen molar-refractivity contribution in [1.82, 2.24) is 20.9 Å². The van der Waals surface area contributed by atoms with E-state index >= 15 is 0 Å². The maximum Gasteiger partial charge on any atom is 0.315 e. The molecular formula is C25H39FN4O3. The van der Waals surface area contributed by atoms with Crippen LogP contribution in [0.1, 0.15) is 70.8 Å². The lowest BCUT2D eigenvalue weighted by atomic mass is 9.96. The molecule has 0 bridgehead atoms. The summed E-state index contributed by atoms with van der Waals surface area (Å²) >= 11 is 0. The Balaban J connectivity index is 1.84. The fourth-order valence-corrected chi connectivity index (χ4v) is 4.06. The van der Waals surface area contributed by atoms with Gasteiger partial charge in [0.05, 0.1) is 5.92 Å². The van der Waals surface area contributed by atoms with Crippen LogP contribution in [-0.2, 0) is 16.1 Å². The van der Waals surface area contributed by atoms with Gasteiger partial charge in [-0.25, -0.2) is 9.18 Å². The van der Waals surface area contributed by atoms with Gasteiger partial charge in [0.2, 0.25) is 11.8 Å². The summed E-state index contributed by atoms with van der Waals surface area (Å²) in [4.78, 5) is 39.8. The van der Waals surface area contributed by atoms with Gasteiger partial charge in [0.1, 0.15) is 11.9 Å². The number of halogens is 1. The van der Waals surface area contributed by atoms with E-state index in [-0.39, 0.29) is 30.1 Å². The number of likely N-dealkylation sites (tertiary alicyclic amines) is 1. The van der Waals surface area contributed by atoms with E-state index in [1.165, 1.54) is 18.6 Å². The molecule has 7 nitrogen and oxygen atoms in total. The molecule has 4 amide bonds. The molecule has 1 fully saturated rings. The molecule has 1 aromatic rings. The summed E-state index contributed by atoms with van der Waals surface area (Å²) in [5.41, 5.74) is 0.768. The minimum absolute atomic E-state index is 0.0149. The highest BCUT2D eigenvalue weighted by molar-refractivity contribution is 5.88. The van der Waals surface area contributed by atoms with Gasteiger partial charge in [-0.05, 0) is 43.4 Å². The topological polar surface area (TPSA) is 90.5 Å². The summed E-state index contributed by atoms with van der Waals surface area (Å²) in [6.07, 6.45) is 7.22. The molecule has 1 heterocycles. The molecule has 1 aliphatic heterocycles. The number of nitrogens with one attached hydrogen (secondary N) is 3. The number of carbonyl (C=O) groups excluding carboxylic acids is 3. The first-order valence-corrected chi connectivity index (χ1v) is 12.3. The van der Waals surface area contributed by atoms with E-state index in [1.54, 1.807) is 17.0 Å². The lowest BCUT2D eigenvalue weighted by Crippen LogP contribution is -2.54. The molecule has 2 atom stereocenters. The monoisotopic (exact) mass is 462 g/mol. The van der Waals surface area contributed by atoms with Gasteiger partial charge in [0.25, 0.3) is 0 Å². The SMILES string of the molecule is CCCCCCNC(=O)C1CCCN(C(=O)C(CCC)NC(=O)NCc2ccc(F)cc2)C1. The Bertz CT molecular complexity index is 757. The molecule has 1 aliphatic rings. The second-order valence-electron chi connectivity index (χ2n) is 8.77. The van der Waals surface area contributed by atoms with Crippen LogP contribution in [0.4, 0.5) is 9.18 Å². The van der Waals surface area contributed by atoms with Gasteiger partial charge < -0.3 is 20.9 Å². The van der Waals surface area contributed by atoms with Gasteiger partial charge in [-0.1, -0.05) is 51.7 Å². The maximum absolute atomic E-state index is 13.1. The summed E-state index contributed by atoms with van der Waals surface area (Å²) in [6, 6.07) is 4.81. The fourth-order valence-electron chi connectivity index (χ4n) is 4.06. The van der Waals surface area contributed by atoms with Crippen molar-refractivity contribution in [3.63, 3.8) is 0 Å². The Morgan fingerprint density at radius 1 is 1.06 bits per heavy atom. The normalized spacial score (nSPS) is 16.7. The summed E-state index contributed by atoms with van der Waals surface area (Å²) in [5.74, 6) is -0.666. The number of nitrogens with zero attached hydrogens (tertiary/aromatic N) is 1. The van der Waals surface area contributed by atoms with Crippen molar-refractivity contribution < 1.29 is 18.8 Å². The van der Waals surface area contributed by atoms with Crippen molar-refractivity contribution >= 4 is 17.8 Å². The highest BCUT2D eigenvalue weighted by atomic mass is 19.1. The number of hydrogen-bond donors (Lipinski definition) is 3. The predicted octanol–water partition coefficient (Wildman–Crippen LogP) is 3.73. The Kier molecular flexibility index (Phi) is 11.7. The van der Waals surface area contributed by atoms with Crippen LogP contribution in [-0.4, -0.2) is 48.4 Å². The molecular weight excluding hydrogens is 423 g/mol. The van der Waals surface area contributed by atoms with Crippen molar-refractivity contribution in [2.24, 2.45) is 5.92 Å². The van der Waals surface area contributed by atoms with E-state index in [0.29, 0.717) is 26.1 Å². The number of rotatable bonds is 12. The van der Waals surface area contributed by atoms with Gasteiger partial charge in [0.15, 0.2) is 0 Å². The molecule has 1 saturated heterocycles. The third-order valence-electron chi connectivity index (χ3n) is 5.98. The zero-order valence-electron chi connectivity index (χ0n) is 20.0. The molecule has 1 aromatic carbocycles. The molecule has 2 unspecified atom stereocenters. The molecule has 0 aliphatic carbocycles. The van der Waals surface area contributed by atoms with Crippen LogP contribution in [0.3, 0.4) is 0 Å². The van der Waals surface area contributed by atoms with Crippen LogP contribution >= 0.6 is 0 Å². The summed E-state index contributed by atoms with van der Waals surface area (Å²) in [7, 11) is 0. The molecule has 0 aromatic heterocycles. The standard InChI is InChI=1S/C25H39FN4O3/c1-3-5-6-7-15-27-23(31)20-10-8-16-30(18-20)24(32)22(9-4-2)29-25(33)28-17-19-11-13-21(26)14-12-19/h11-14,20,22H,3-10,15-18H2,1-2H3,(H,27,31)(H2,28,29,33). The molecule has 184 valence electrons. The first-order valence-electron chi connectivity index (χ1n) is 12.3. The first-order chi connectivity index (χ1) is 15.9. The highest BCUT2D eigenvalue weighted by Crippen LogP contribution is 2.18. The van der Waals surface area contributed by atoms with Gasteiger partial charge >= 0.3 is 6.03 Å². The smallest absolute Gasteiger partial charge is 0.315 e. The third-order valence-corrected chi connectivity index (χ3v) is 5.98. The van der Waals surface area contributed by atoms with Crippen LogP contribution in [0, 0.1) is 11.7 Å². The highest BCUT2D eigenvalue weighted by Gasteiger charge is 2.32. The van der Waals surface area contributed by atoms with E-state index in [0.717, 1.165) is 44.1 Å². The zero-order chi connectivity index (χ0) is 24.1. The summed E-state index contributed by atoms with van der Waals surface area (Å²) in [6.45, 7) is 6.02. The van der Waals surface area contributed by atoms with Crippen LogP contribution in [0.5, 0.6) is 0 Å². The van der Waals surface area contributed by atoms with Crippen LogP contribution in [0.25, 0.3) is 0 Å². The van der Waals surface area contributed by atoms with Crippen molar-refractivity contribution in [2.75, 3.05) is 19.6 Å². The number of benzene rings is 1. The fraction of sp³-hybridized carbons (Fsp3) is 0.640. The zero-order valence-corrected chi connectivity index (χ0v) is 20.0. The van der Waals surface area contributed by atoms with Crippen LogP contribution < -0.4 is 16.0 Å². The largest absolute Gasteiger partial charge is 0.356 e. The van der Waals surface area contributed by atoms with Crippen molar-refractivity contribution in [1.29, 1.82) is 0 Å². The Morgan fingerprint density at radius 2 is 1.82 bits per heavy atom. The van der Waals surface area contributed by atoms with E-state index in [2.05, 4.69) is 22.9 Å². The van der Waals surface area contributed by atoms with Gasteiger partial charge in [0, 0.05) is 26.2 Å². The molecule has 0 saturated carbocycles. The van der Waals surface area contributed by atoms with E-state index < -0.39 is 12.1 Å². The van der Waals surface area contributed by atoms with Gasteiger partial charge in [-0.3, -0.25) is 9.59 Å². The molecule has 0 radical (unpaired) electrons. The quantitative estimate of drug-likeness (QED) is 0.414. The third kappa shape index (κ3) is 9.40.